The highest BCUT2D eigenvalue weighted by molar-refractivity contribution is 5.96. The Bertz CT molecular complexity index is 586. The largest absolute Gasteiger partial charge is 0.464 e. The highest BCUT2D eigenvalue weighted by atomic mass is 16.5. The number of hydrogen-bond acceptors (Lipinski definition) is 3. The van der Waals surface area contributed by atoms with Crippen LogP contribution in [0.5, 0.6) is 0 Å². The minimum absolute atomic E-state index is 0.315. The first-order valence-electron chi connectivity index (χ1n) is 9.62. The van der Waals surface area contributed by atoms with E-state index >= 15 is 0 Å². The molecule has 1 N–H and O–H groups in total. The van der Waals surface area contributed by atoms with Gasteiger partial charge in [0.05, 0.1) is 6.61 Å². The monoisotopic (exact) mass is 357 g/mol. The van der Waals surface area contributed by atoms with Gasteiger partial charge in [-0.25, -0.2) is 4.79 Å². The molecule has 1 aromatic rings. The van der Waals surface area contributed by atoms with Crippen LogP contribution < -0.4 is 5.32 Å². The second kappa shape index (κ2) is 13.0. The third-order valence-electron chi connectivity index (χ3n) is 4.26. The van der Waals surface area contributed by atoms with Crippen molar-refractivity contribution in [1.82, 2.24) is 5.32 Å². The Hall–Kier alpha value is -2.28. The summed E-state index contributed by atoms with van der Waals surface area (Å²) in [7, 11) is 0. The summed E-state index contributed by atoms with van der Waals surface area (Å²) in [6, 6.07) is 6.00. The van der Waals surface area contributed by atoms with E-state index in [1.807, 2.05) is 0 Å². The van der Waals surface area contributed by atoms with Crippen LogP contribution in [0.15, 0.2) is 24.3 Å². The summed E-state index contributed by atoms with van der Waals surface area (Å²) in [4.78, 5) is 24.1. The number of benzene rings is 1. The number of nitrogens with one attached hydrogen (secondary N) is 1. The zero-order chi connectivity index (χ0) is 19.2. The van der Waals surface area contributed by atoms with Crippen LogP contribution in [0.25, 0.3) is 0 Å². The molecule has 0 saturated carbocycles. The standard InChI is InChI=1S/C22H31NO3/c1-4-6-7-8-9-10-11-12-17-26-22(25)18(3)23-21(24)20-15-13-19(5-2)14-16-20/h2,13-16,18H,4,6-12,17H2,1,3H3,(H,23,24)/t18-/m0/s1. The number of terminal acetylenes is 1. The fourth-order valence-corrected chi connectivity index (χ4v) is 2.59. The zero-order valence-corrected chi connectivity index (χ0v) is 16.1. The number of carbonyl (C=O) groups excluding carboxylic acids is 2. The van der Waals surface area contributed by atoms with E-state index < -0.39 is 12.0 Å². The number of esters is 1. The summed E-state index contributed by atoms with van der Waals surface area (Å²) in [5.41, 5.74) is 1.17. The van der Waals surface area contributed by atoms with Crippen molar-refractivity contribution in [2.75, 3.05) is 6.61 Å². The molecule has 1 atom stereocenters. The van der Waals surface area contributed by atoms with Crippen LogP contribution in [0.4, 0.5) is 0 Å². The van der Waals surface area contributed by atoms with Gasteiger partial charge in [-0.05, 0) is 37.6 Å². The molecule has 0 bridgehead atoms. The van der Waals surface area contributed by atoms with Gasteiger partial charge < -0.3 is 10.1 Å². The fourth-order valence-electron chi connectivity index (χ4n) is 2.59. The van der Waals surface area contributed by atoms with Crippen LogP contribution in [0, 0.1) is 12.3 Å². The molecule has 4 heteroatoms. The molecule has 142 valence electrons. The van der Waals surface area contributed by atoms with Crippen molar-refractivity contribution >= 4 is 11.9 Å². The lowest BCUT2D eigenvalue weighted by molar-refractivity contribution is -0.145. The molecule has 0 aromatic heterocycles. The molecule has 0 aliphatic rings. The van der Waals surface area contributed by atoms with Crippen molar-refractivity contribution in [3.05, 3.63) is 35.4 Å². The van der Waals surface area contributed by atoms with Gasteiger partial charge in [-0.1, -0.05) is 57.8 Å². The van der Waals surface area contributed by atoms with Gasteiger partial charge in [0, 0.05) is 11.1 Å². The lowest BCUT2D eigenvalue weighted by atomic mass is 10.1. The van der Waals surface area contributed by atoms with Gasteiger partial charge in [-0.15, -0.1) is 6.42 Å². The van der Waals surface area contributed by atoms with E-state index in [2.05, 4.69) is 18.2 Å². The SMILES string of the molecule is C#Cc1ccc(C(=O)N[C@@H](C)C(=O)OCCCCCCCCCC)cc1. The summed E-state index contributed by atoms with van der Waals surface area (Å²) >= 11 is 0. The normalized spacial score (nSPS) is 11.4. The molecule has 1 rings (SSSR count). The third kappa shape index (κ3) is 8.71. The maximum atomic E-state index is 12.1. The Balaban J connectivity index is 2.18. The summed E-state index contributed by atoms with van der Waals surface area (Å²) in [5, 5.41) is 2.65. The number of hydrogen-bond donors (Lipinski definition) is 1. The maximum absolute atomic E-state index is 12.1. The van der Waals surface area contributed by atoms with Crippen LogP contribution in [-0.2, 0) is 9.53 Å². The lowest BCUT2D eigenvalue weighted by Crippen LogP contribution is -2.39. The smallest absolute Gasteiger partial charge is 0.328 e. The minimum Gasteiger partial charge on any atom is -0.464 e. The molecule has 0 radical (unpaired) electrons. The van der Waals surface area contributed by atoms with E-state index in [4.69, 9.17) is 11.2 Å². The first-order valence-corrected chi connectivity index (χ1v) is 9.62. The average Bonchev–Trinajstić information content (AvgIpc) is 2.66. The summed E-state index contributed by atoms with van der Waals surface area (Å²) < 4.78 is 5.24. The fraction of sp³-hybridized carbons (Fsp3) is 0.545. The number of carbonyl (C=O) groups is 2. The minimum atomic E-state index is -0.677. The molecule has 0 aliphatic carbocycles. The molecule has 0 saturated heterocycles. The first kappa shape index (κ1) is 21.8. The predicted octanol–water partition coefficient (Wildman–Crippen LogP) is 4.47. The molecule has 4 nitrogen and oxygen atoms in total. The Kier molecular flexibility index (Phi) is 10.9. The summed E-state index contributed by atoms with van der Waals surface area (Å²) in [5.74, 6) is 1.78. The number of rotatable bonds is 12. The third-order valence-corrected chi connectivity index (χ3v) is 4.26. The molecular weight excluding hydrogens is 326 g/mol. The molecule has 26 heavy (non-hydrogen) atoms. The molecular formula is C22H31NO3. The summed E-state index contributed by atoms with van der Waals surface area (Å²) in [6.07, 6.45) is 14.8. The molecule has 0 unspecified atom stereocenters. The number of ether oxygens (including phenoxy) is 1. The van der Waals surface area contributed by atoms with E-state index in [1.54, 1.807) is 31.2 Å². The van der Waals surface area contributed by atoms with E-state index in [0.717, 1.165) is 12.8 Å². The second-order valence-corrected chi connectivity index (χ2v) is 6.56. The van der Waals surface area contributed by atoms with Crippen molar-refractivity contribution < 1.29 is 14.3 Å². The Morgan fingerprint density at radius 3 is 2.19 bits per heavy atom. The first-order chi connectivity index (χ1) is 12.6. The van der Waals surface area contributed by atoms with E-state index in [-0.39, 0.29) is 5.91 Å². The van der Waals surface area contributed by atoms with Crippen molar-refractivity contribution in [3.63, 3.8) is 0 Å². The molecule has 1 aromatic carbocycles. The molecule has 0 spiro atoms. The quantitative estimate of drug-likeness (QED) is 0.341. The van der Waals surface area contributed by atoms with Gasteiger partial charge >= 0.3 is 5.97 Å². The van der Waals surface area contributed by atoms with Gasteiger partial charge in [0.1, 0.15) is 6.04 Å². The Labute approximate surface area is 157 Å². The summed E-state index contributed by atoms with van der Waals surface area (Å²) in [6.45, 7) is 4.25. The topological polar surface area (TPSA) is 55.4 Å². The van der Waals surface area contributed by atoms with Gasteiger partial charge in [0.15, 0.2) is 0 Å². The van der Waals surface area contributed by atoms with E-state index in [0.29, 0.717) is 17.7 Å². The van der Waals surface area contributed by atoms with Crippen LogP contribution >= 0.6 is 0 Å². The van der Waals surface area contributed by atoms with Crippen molar-refractivity contribution in [2.45, 2.75) is 71.3 Å². The van der Waals surface area contributed by atoms with E-state index in [9.17, 15) is 9.59 Å². The van der Waals surface area contributed by atoms with Crippen LogP contribution in [0.1, 0.15) is 81.1 Å². The Morgan fingerprint density at radius 2 is 1.62 bits per heavy atom. The highest BCUT2D eigenvalue weighted by Crippen LogP contribution is 2.08. The Morgan fingerprint density at radius 1 is 1.04 bits per heavy atom. The molecule has 0 heterocycles. The zero-order valence-electron chi connectivity index (χ0n) is 16.1. The maximum Gasteiger partial charge on any atom is 0.328 e. The van der Waals surface area contributed by atoms with Crippen molar-refractivity contribution in [3.8, 4) is 12.3 Å². The van der Waals surface area contributed by atoms with Gasteiger partial charge in [0.2, 0.25) is 0 Å². The molecule has 1 amide bonds. The highest BCUT2D eigenvalue weighted by Gasteiger charge is 2.17. The number of amides is 1. The molecule has 0 aliphatic heterocycles. The number of unbranched alkanes of at least 4 members (excludes halogenated alkanes) is 7. The van der Waals surface area contributed by atoms with E-state index in [1.165, 1.54) is 38.5 Å². The van der Waals surface area contributed by atoms with Crippen LogP contribution in [0.2, 0.25) is 0 Å². The van der Waals surface area contributed by atoms with Gasteiger partial charge in [-0.3, -0.25) is 4.79 Å². The second-order valence-electron chi connectivity index (χ2n) is 6.56. The van der Waals surface area contributed by atoms with Gasteiger partial charge in [0.25, 0.3) is 5.91 Å². The van der Waals surface area contributed by atoms with Gasteiger partial charge in [-0.2, -0.15) is 0 Å². The lowest BCUT2D eigenvalue weighted by Gasteiger charge is -2.13. The predicted molar refractivity (Wildman–Crippen MR) is 105 cm³/mol. The molecule has 0 fully saturated rings. The van der Waals surface area contributed by atoms with Crippen LogP contribution in [0.3, 0.4) is 0 Å². The van der Waals surface area contributed by atoms with Crippen LogP contribution in [-0.4, -0.2) is 24.5 Å². The average molecular weight is 357 g/mol. The van der Waals surface area contributed by atoms with Crippen molar-refractivity contribution in [2.24, 2.45) is 0 Å². The van der Waals surface area contributed by atoms with Crippen molar-refractivity contribution in [1.29, 1.82) is 0 Å².